The molecule has 0 fully saturated rings. The van der Waals surface area contributed by atoms with Gasteiger partial charge in [-0.25, -0.2) is 18.4 Å². The molecule has 2 rings (SSSR count). The van der Waals surface area contributed by atoms with Crippen molar-refractivity contribution in [3.8, 4) is 0 Å². The second-order valence-electron chi connectivity index (χ2n) is 2.79. The fourth-order valence-electron chi connectivity index (χ4n) is 1.12. The summed E-state index contributed by atoms with van der Waals surface area (Å²) >= 11 is 0. The predicted octanol–water partition coefficient (Wildman–Crippen LogP) is 0.896. The number of imidazole rings is 1. The standard InChI is InChI=1S/C7H6ClN3O2S/c1-11-4-9-5-2-3-6(10-7(5)11)14(8,12)13/h2-4H,1H3. The summed E-state index contributed by atoms with van der Waals surface area (Å²) in [4.78, 5) is 7.89. The number of aromatic nitrogens is 3. The van der Waals surface area contributed by atoms with Crippen LogP contribution < -0.4 is 0 Å². The molecule has 2 aromatic heterocycles. The maximum atomic E-state index is 11.0. The van der Waals surface area contributed by atoms with E-state index in [1.54, 1.807) is 24.0 Å². The van der Waals surface area contributed by atoms with Crippen molar-refractivity contribution in [1.82, 2.24) is 14.5 Å². The van der Waals surface area contributed by atoms with Gasteiger partial charge in [-0.3, -0.25) is 0 Å². The van der Waals surface area contributed by atoms with E-state index in [0.29, 0.717) is 11.2 Å². The van der Waals surface area contributed by atoms with Gasteiger partial charge < -0.3 is 4.57 Å². The molecular weight excluding hydrogens is 226 g/mol. The molecule has 14 heavy (non-hydrogen) atoms. The number of pyridine rings is 1. The van der Waals surface area contributed by atoms with Crippen LogP contribution in [0.2, 0.25) is 0 Å². The van der Waals surface area contributed by atoms with Crippen molar-refractivity contribution in [2.24, 2.45) is 7.05 Å². The van der Waals surface area contributed by atoms with E-state index in [4.69, 9.17) is 10.7 Å². The van der Waals surface area contributed by atoms with Crippen LogP contribution in [0.1, 0.15) is 0 Å². The summed E-state index contributed by atoms with van der Waals surface area (Å²) < 4.78 is 23.6. The summed E-state index contributed by atoms with van der Waals surface area (Å²) in [6.07, 6.45) is 1.56. The van der Waals surface area contributed by atoms with Gasteiger partial charge in [-0.2, -0.15) is 0 Å². The Morgan fingerprint density at radius 3 is 2.79 bits per heavy atom. The van der Waals surface area contributed by atoms with Crippen LogP contribution in [0.25, 0.3) is 11.2 Å². The fourth-order valence-corrected chi connectivity index (χ4v) is 1.81. The Morgan fingerprint density at radius 1 is 1.43 bits per heavy atom. The molecule has 0 N–H and O–H groups in total. The molecule has 0 aliphatic heterocycles. The summed E-state index contributed by atoms with van der Waals surface area (Å²) in [6.45, 7) is 0. The average Bonchev–Trinajstić information content (AvgIpc) is 2.46. The van der Waals surface area contributed by atoms with Crippen LogP contribution in [0, 0.1) is 0 Å². The van der Waals surface area contributed by atoms with E-state index in [1.807, 2.05) is 0 Å². The highest BCUT2D eigenvalue weighted by molar-refractivity contribution is 8.13. The van der Waals surface area contributed by atoms with Gasteiger partial charge >= 0.3 is 0 Å². The van der Waals surface area contributed by atoms with Crippen molar-refractivity contribution >= 4 is 30.9 Å². The first kappa shape index (κ1) is 9.42. The molecule has 0 spiro atoms. The maximum Gasteiger partial charge on any atom is 0.278 e. The fraction of sp³-hybridized carbons (Fsp3) is 0.143. The summed E-state index contributed by atoms with van der Waals surface area (Å²) in [6, 6.07) is 2.90. The third-order valence-corrected chi connectivity index (χ3v) is 2.98. The molecule has 0 radical (unpaired) electrons. The zero-order valence-corrected chi connectivity index (χ0v) is 8.75. The first-order valence-corrected chi connectivity index (χ1v) is 6.02. The van der Waals surface area contributed by atoms with Crippen LogP contribution in [0.3, 0.4) is 0 Å². The van der Waals surface area contributed by atoms with Crippen molar-refractivity contribution in [3.63, 3.8) is 0 Å². The topological polar surface area (TPSA) is 64.8 Å². The molecule has 0 aliphatic rings. The van der Waals surface area contributed by atoms with Crippen molar-refractivity contribution in [2.45, 2.75) is 5.03 Å². The SMILES string of the molecule is Cn1cnc2ccc(S(=O)(=O)Cl)nc21. The Morgan fingerprint density at radius 2 is 2.14 bits per heavy atom. The van der Waals surface area contributed by atoms with Gasteiger partial charge in [0.25, 0.3) is 9.05 Å². The second-order valence-corrected chi connectivity index (χ2v) is 5.30. The Hall–Kier alpha value is -1.14. The molecule has 74 valence electrons. The van der Waals surface area contributed by atoms with Gasteiger partial charge in [-0.1, -0.05) is 0 Å². The highest BCUT2D eigenvalue weighted by Crippen LogP contribution is 2.16. The highest BCUT2D eigenvalue weighted by Gasteiger charge is 2.13. The lowest BCUT2D eigenvalue weighted by Crippen LogP contribution is -1.96. The third-order valence-electron chi connectivity index (χ3n) is 1.78. The predicted molar refractivity (Wildman–Crippen MR) is 51.5 cm³/mol. The van der Waals surface area contributed by atoms with Crippen molar-refractivity contribution in [3.05, 3.63) is 18.5 Å². The van der Waals surface area contributed by atoms with E-state index in [1.165, 1.54) is 6.07 Å². The third kappa shape index (κ3) is 1.46. The molecule has 2 aromatic rings. The van der Waals surface area contributed by atoms with Gasteiger partial charge in [-0.05, 0) is 12.1 Å². The van der Waals surface area contributed by atoms with Crippen LogP contribution in [0.5, 0.6) is 0 Å². The number of aryl methyl sites for hydroxylation is 1. The zero-order valence-electron chi connectivity index (χ0n) is 7.18. The number of rotatable bonds is 1. The van der Waals surface area contributed by atoms with Crippen LogP contribution in [-0.4, -0.2) is 23.0 Å². The second kappa shape index (κ2) is 2.93. The molecular formula is C7H6ClN3O2S. The summed E-state index contributed by atoms with van der Waals surface area (Å²) in [5, 5.41) is -0.157. The quantitative estimate of drug-likeness (QED) is 0.684. The van der Waals surface area contributed by atoms with Gasteiger partial charge in [0.05, 0.1) is 6.33 Å². The lowest BCUT2D eigenvalue weighted by atomic mass is 10.4. The van der Waals surface area contributed by atoms with Crippen LogP contribution in [0.4, 0.5) is 0 Å². The Balaban J connectivity index is 2.79. The molecule has 0 amide bonds. The first-order valence-electron chi connectivity index (χ1n) is 3.71. The molecule has 0 atom stereocenters. The molecule has 5 nitrogen and oxygen atoms in total. The van der Waals surface area contributed by atoms with Gasteiger partial charge in [0.2, 0.25) is 0 Å². The van der Waals surface area contributed by atoms with E-state index >= 15 is 0 Å². The number of hydrogen-bond acceptors (Lipinski definition) is 4. The molecule has 0 saturated heterocycles. The molecule has 2 heterocycles. The van der Waals surface area contributed by atoms with Gasteiger partial charge in [0.1, 0.15) is 5.52 Å². The minimum absolute atomic E-state index is 0.157. The molecule has 0 bridgehead atoms. The monoisotopic (exact) mass is 231 g/mol. The van der Waals surface area contributed by atoms with Crippen molar-refractivity contribution in [1.29, 1.82) is 0 Å². The minimum Gasteiger partial charge on any atom is -0.318 e. The van der Waals surface area contributed by atoms with Crippen molar-refractivity contribution in [2.75, 3.05) is 0 Å². The molecule has 7 heteroatoms. The van der Waals surface area contributed by atoms with Crippen LogP contribution in [-0.2, 0) is 16.1 Å². The summed E-state index contributed by atoms with van der Waals surface area (Å²) in [7, 11) is 3.12. The normalized spacial score (nSPS) is 12.1. The van der Waals surface area contributed by atoms with E-state index in [0.717, 1.165) is 0 Å². The molecule has 0 unspecified atom stereocenters. The Labute approximate surface area is 84.8 Å². The molecule has 0 aliphatic carbocycles. The van der Waals surface area contributed by atoms with Gasteiger partial charge in [-0.15, -0.1) is 0 Å². The van der Waals surface area contributed by atoms with E-state index in [-0.39, 0.29) is 5.03 Å². The van der Waals surface area contributed by atoms with Crippen LogP contribution in [0.15, 0.2) is 23.5 Å². The first-order chi connectivity index (χ1) is 6.48. The number of hydrogen-bond donors (Lipinski definition) is 0. The lowest BCUT2D eigenvalue weighted by Gasteiger charge is -1.96. The Kier molecular flexibility index (Phi) is 1.97. The lowest BCUT2D eigenvalue weighted by molar-refractivity contribution is 0.606. The number of halogens is 1. The van der Waals surface area contributed by atoms with Crippen molar-refractivity contribution < 1.29 is 8.42 Å². The number of nitrogens with zero attached hydrogens (tertiary/aromatic N) is 3. The minimum atomic E-state index is -3.77. The summed E-state index contributed by atoms with van der Waals surface area (Å²) in [5.41, 5.74) is 1.13. The zero-order chi connectivity index (χ0) is 10.3. The Bertz CT molecular complexity index is 590. The smallest absolute Gasteiger partial charge is 0.278 e. The van der Waals surface area contributed by atoms with Gasteiger partial charge in [0.15, 0.2) is 10.7 Å². The summed E-state index contributed by atoms with van der Waals surface area (Å²) in [5.74, 6) is 0. The number of fused-ring (bicyclic) bond motifs is 1. The van der Waals surface area contributed by atoms with Gasteiger partial charge in [0, 0.05) is 17.7 Å². The van der Waals surface area contributed by atoms with Crippen LogP contribution >= 0.6 is 10.7 Å². The van der Waals surface area contributed by atoms with E-state index in [2.05, 4.69) is 9.97 Å². The largest absolute Gasteiger partial charge is 0.318 e. The van der Waals surface area contributed by atoms with E-state index < -0.39 is 9.05 Å². The van der Waals surface area contributed by atoms with E-state index in [9.17, 15) is 8.42 Å². The maximum absolute atomic E-state index is 11.0. The average molecular weight is 232 g/mol. The molecule has 0 aromatic carbocycles. The highest BCUT2D eigenvalue weighted by atomic mass is 35.7. The molecule has 0 saturated carbocycles.